The number of anilines is 3. The van der Waals surface area contributed by atoms with Crippen molar-refractivity contribution >= 4 is 56.6 Å². The largest absolute Gasteiger partial charge is 0.311 e. The van der Waals surface area contributed by atoms with Gasteiger partial charge in [0.1, 0.15) is 23.8 Å². The molecule has 0 aliphatic rings. The van der Waals surface area contributed by atoms with Crippen LogP contribution >= 0.6 is 34.0 Å². The molecule has 0 aliphatic carbocycles. The first-order chi connectivity index (χ1) is 20.7. The maximum Gasteiger partial charge on any atom is 0.148 e. The maximum absolute atomic E-state index is 9.54. The molecule has 6 aromatic rings. The molecule has 0 saturated carbocycles. The number of hydrogen-bond acceptors (Lipinski definition) is 7. The van der Waals surface area contributed by atoms with E-state index in [0.717, 1.165) is 27.5 Å². The molecule has 0 aliphatic heterocycles. The van der Waals surface area contributed by atoms with Gasteiger partial charge in [-0.1, -0.05) is 48.5 Å². The highest BCUT2D eigenvalue weighted by molar-refractivity contribution is 7.16. The van der Waals surface area contributed by atoms with Crippen molar-refractivity contribution < 1.29 is 0 Å². The van der Waals surface area contributed by atoms with Crippen molar-refractivity contribution in [1.29, 1.82) is 15.8 Å². The van der Waals surface area contributed by atoms with Crippen LogP contribution in [0.5, 0.6) is 0 Å². The number of hydrogen-bond donors (Lipinski definition) is 0. The summed E-state index contributed by atoms with van der Waals surface area (Å²) in [6, 6.07) is 43.3. The molecule has 0 spiro atoms. The molecular formula is C35H20N4S3. The molecule has 0 fully saturated rings. The van der Waals surface area contributed by atoms with Gasteiger partial charge in [0, 0.05) is 36.6 Å². The predicted octanol–water partition coefficient (Wildman–Crippen LogP) is 10.7. The molecule has 0 N–H and O–H groups in total. The van der Waals surface area contributed by atoms with Gasteiger partial charge >= 0.3 is 0 Å². The van der Waals surface area contributed by atoms with E-state index in [2.05, 4.69) is 113 Å². The average molecular weight is 593 g/mol. The Morgan fingerprint density at radius 1 is 0.500 bits per heavy atom. The first kappa shape index (κ1) is 27.0. The van der Waals surface area contributed by atoms with Crippen molar-refractivity contribution in [2.24, 2.45) is 0 Å². The number of allylic oxidation sites excluding steroid dienone is 2. The summed E-state index contributed by atoms with van der Waals surface area (Å²) in [5.41, 5.74) is 6.41. The SMILES string of the molecule is N#CC(C#N)=C(C#N)c1ccc(-c2ccc(N(c3ccc(-c4cccs4)cc3)c3ccc(-c4cccs4)cc3)cc2)s1. The first-order valence-electron chi connectivity index (χ1n) is 12.9. The molecule has 0 atom stereocenters. The Morgan fingerprint density at radius 2 is 0.952 bits per heavy atom. The van der Waals surface area contributed by atoms with Crippen LogP contribution in [-0.2, 0) is 0 Å². The third kappa shape index (κ3) is 5.39. The highest BCUT2D eigenvalue weighted by Gasteiger charge is 2.16. The minimum Gasteiger partial charge on any atom is -0.311 e. The second-order valence-electron chi connectivity index (χ2n) is 9.18. The Kier molecular flexibility index (Phi) is 7.77. The molecule has 0 radical (unpaired) electrons. The molecule has 0 saturated heterocycles. The molecule has 3 aromatic heterocycles. The summed E-state index contributed by atoms with van der Waals surface area (Å²) in [6.07, 6.45) is 0. The third-order valence-corrected chi connectivity index (χ3v) is 9.70. The Balaban J connectivity index is 1.36. The van der Waals surface area contributed by atoms with Crippen LogP contribution in [0.2, 0.25) is 0 Å². The van der Waals surface area contributed by atoms with Crippen molar-refractivity contribution in [2.75, 3.05) is 4.90 Å². The van der Waals surface area contributed by atoms with E-state index in [0.29, 0.717) is 4.88 Å². The van der Waals surface area contributed by atoms with E-state index < -0.39 is 0 Å². The van der Waals surface area contributed by atoms with Crippen molar-refractivity contribution in [3.8, 4) is 49.5 Å². The number of thiophene rings is 3. The molecule has 3 aromatic carbocycles. The summed E-state index contributed by atoms with van der Waals surface area (Å²) in [4.78, 5) is 6.26. The molecular weight excluding hydrogens is 573 g/mol. The summed E-state index contributed by atoms with van der Waals surface area (Å²) >= 11 is 4.85. The second kappa shape index (κ2) is 12.1. The molecule has 3 heterocycles. The minimum atomic E-state index is -0.174. The van der Waals surface area contributed by atoms with E-state index in [9.17, 15) is 15.8 Å². The predicted molar refractivity (Wildman–Crippen MR) is 175 cm³/mol. The van der Waals surface area contributed by atoms with E-state index in [1.54, 1.807) is 28.7 Å². The van der Waals surface area contributed by atoms with Gasteiger partial charge in [-0.2, -0.15) is 15.8 Å². The smallest absolute Gasteiger partial charge is 0.148 e. The fourth-order valence-corrected chi connectivity index (χ4v) is 7.13. The normalized spacial score (nSPS) is 10.3. The fourth-order valence-electron chi connectivity index (χ4n) is 4.66. The second-order valence-corrected chi connectivity index (χ2v) is 12.2. The number of nitrogens with zero attached hydrogens (tertiary/aromatic N) is 4. The van der Waals surface area contributed by atoms with Gasteiger partial charge < -0.3 is 4.90 Å². The monoisotopic (exact) mass is 592 g/mol. The zero-order chi connectivity index (χ0) is 28.9. The van der Waals surface area contributed by atoms with Gasteiger partial charge in [-0.25, -0.2) is 0 Å². The molecule has 0 bridgehead atoms. The van der Waals surface area contributed by atoms with E-state index in [1.165, 1.54) is 32.2 Å². The summed E-state index contributed by atoms with van der Waals surface area (Å²) in [6.45, 7) is 0. The lowest BCUT2D eigenvalue weighted by Gasteiger charge is -2.26. The van der Waals surface area contributed by atoms with Crippen LogP contribution in [0.1, 0.15) is 4.88 Å². The fraction of sp³-hybridized carbons (Fsp3) is 0. The summed E-state index contributed by atoms with van der Waals surface area (Å²) < 4.78 is 0. The topological polar surface area (TPSA) is 74.6 Å². The Morgan fingerprint density at radius 3 is 1.33 bits per heavy atom. The maximum atomic E-state index is 9.54. The van der Waals surface area contributed by atoms with Gasteiger partial charge in [0.2, 0.25) is 0 Å². The van der Waals surface area contributed by atoms with Gasteiger partial charge in [-0.15, -0.1) is 34.0 Å². The number of nitriles is 3. The average Bonchev–Trinajstić information content (AvgIpc) is 3.85. The molecule has 198 valence electrons. The van der Waals surface area contributed by atoms with Gasteiger partial charge in [0.15, 0.2) is 0 Å². The van der Waals surface area contributed by atoms with E-state index in [1.807, 2.05) is 24.3 Å². The lowest BCUT2D eigenvalue weighted by molar-refractivity contribution is 1.28. The lowest BCUT2D eigenvalue weighted by Crippen LogP contribution is -2.09. The third-order valence-electron chi connectivity index (χ3n) is 6.71. The van der Waals surface area contributed by atoms with Gasteiger partial charge in [0.05, 0.1) is 5.57 Å². The lowest BCUT2D eigenvalue weighted by atomic mass is 10.1. The highest BCUT2D eigenvalue weighted by Crippen LogP contribution is 2.39. The van der Waals surface area contributed by atoms with Gasteiger partial charge in [-0.05, 0) is 88.1 Å². The summed E-state index contributed by atoms with van der Waals surface area (Å²) in [7, 11) is 0. The van der Waals surface area contributed by atoms with Crippen LogP contribution in [0.15, 0.2) is 126 Å². The van der Waals surface area contributed by atoms with Crippen LogP contribution < -0.4 is 4.90 Å². The Bertz CT molecular complexity index is 1880. The van der Waals surface area contributed by atoms with Crippen molar-refractivity contribution in [3.05, 3.63) is 130 Å². The highest BCUT2D eigenvalue weighted by atomic mass is 32.1. The molecule has 0 amide bonds. The van der Waals surface area contributed by atoms with Crippen molar-refractivity contribution in [2.45, 2.75) is 0 Å². The summed E-state index contributed by atoms with van der Waals surface area (Å²) in [5.74, 6) is 0. The molecule has 6 rings (SSSR count). The van der Waals surface area contributed by atoms with Gasteiger partial charge in [-0.3, -0.25) is 0 Å². The van der Waals surface area contributed by atoms with Crippen LogP contribution in [-0.4, -0.2) is 0 Å². The van der Waals surface area contributed by atoms with Crippen LogP contribution in [0, 0.1) is 34.0 Å². The molecule has 42 heavy (non-hydrogen) atoms. The van der Waals surface area contributed by atoms with Crippen molar-refractivity contribution in [3.63, 3.8) is 0 Å². The van der Waals surface area contributed by atoms with E-state index in [4.69, 9.17) is 0 Å². The van der Waals surface area contributed by atoms with Crippen molar-refractivity contribution in [1.82, 2.24) is 0 Å². The van der Waals surface area contributed by atoms with E-state index in [-0.39, 0.29) is 11.1 Å². The Hall–Kier alpha value is -5.23. The standard InChI is InChI=1S/C35H20N4S3/c36-21-27(22-37)31(23-38)35-18-17-34(42-35)26-9-15-30(16-10-26)39(28-11-5-24(6-12-28)32-3-1-19-40-32)29-13-7-25(8-14-29)33-4-2-20-41-33/h1-20H. The summed E-state index contributed by atoms with van der Waals surface area (Å²) in [5, 5.41) is 32.2. The number of rotatable bonds is 7. The van der Waals surface area contributed by atoms with Crippen LogP contribution in [0.25, 0.3) is 36.9 Å². The quantitative estimate of drug-likeness (QED) is 0.173. The molecule has 7 heteroatoms. The van der Waals surface area contributed by atoms with Crippen LogP contribution in [0.3, 0.4) is 0 Å². The molecule has 0 unspecified atom stereocenters. The van der Waals surface area contributed by atoms with Crippen LogP contribution in [0.4, 0.5) is 17.1 Å². The zero-order valence-corrected chi connectivity index (χ0v) is 24.5. The first-order valence-corrected chi connectivity index (χ1v) is 15.5. The minimum absolute atomic E-state index is 0.107. The molecule has 4 nitrogen and oxygen atoms in total. The Labute approximate surface area is 256 Å². The van der Waals surface area contributed by atoms with Gasteiger partial charge in [0.25, 0.3) is 0 Å². The van der Waals surface area contributed by atoms with E-state index >= 15 is 0 Å². The zero-order valence-electron chi connectivity index (χ0n) is 22.1. The number of benzene rings is 3.